The zero-order valence-corrected chi connectivity index (χ0v) is 18.9. The van der Waals surface area contributed by atoms with Crippen LogP contribution in [0.5, 0.6) is 0 Å². The van der Waals surface area contributed by atoms with Crippen molar-refractivity contribution in [2.75, 3.05) is 26.8 Å². The SMILES string of the molecule is CCOCCCCNC(=NC)NCc1cccc(Cn2ccnc2C)c1.I. The van der Waals surface area contributed by atoms with Gasteiger partial charge in [-0.1, -0.05) is 24.3 Å². The zero-order chi connectivity index (χ0) is 18.6. The molecule has 0 atom stereocenters. The van der Waals surface area contributed by atoms with Crippen LogP contribution < -0.4 is 10.6 Å². The van der Waals surface area contributed by atoms with Crippen molar-refractivity contribution in [1.29, 1.82) is 0 Å². The van der Waals surface area contributed by atoms with E-state index in [2.05, 4.69) is 49.4 Å². The average molecular weight is 485 g/mol. The molecule has 1 heterocycles. The molecule has 0 amide bonds. The van der Waals surface area contributed by atoms with E-state index in [1.807, 2.05) is 26.2 Å². The van der Waals surface area contributed by atoms with Gasteiger partial charge in [0.2, 0.25) is 0 Å². The highest BCUT2D eigenvalue weighted by Gasteiger charge is 2.02. The maximum Gasteiger partial charge on any atom is 0.191 e. The number of unbranched alkanes of at least 4 members (excludes halogenated alkanes) is 1. The molecule has 0 spiro atoms. The zero-order valence-electron chi connectivity index (χ0n) is 16.6. The lowest BCUT2D eigenvalue weighted by molar-refractivity contribution is 0.143. The van der Waals surface area contributed by atoms with E-state index in [0.717, 1.165) is 57.5 Å². The van der Waals surface area contributed by atoms with Crippen molar-refractivity contribution in [2.24, 2.45) is 4.99 Å². The summed E-state index contributed by atoms with van der Waals surface area (Å²) >= 11 is 0. The smallest absolute Gasteiger partial charge is 0.191 e. The molecule has 0 unspecified atom stereocenters. The standard InChI is InChI=1S/C20H31N5O.HI/c1-4-26-13-6-5-10-23-20(21-3)24-15-18-8-7-9-19(14-18)16-25-12-11-22-17(25)2;/h7-9,11-12,14H,4-6,10,13,15-16H2,1-3H3,(H2,21,23,24);1H. The van der Waals surface area contributed by atoms with Crippen LogP contribution in [0.4, 0.5) is 0 Å². The second-order valence-corrected chi connectivity index (χ2v) is 6.18. The number of aryl methyl sites for hydroxylation is 1. The maximum atomic E-state index is 5.35. The van der Waals surface area contributed by atoms with Gasteiger partial charge in [0.25, 0.3) is 0 Å². The normalized spacial score (nSPS) is 11.1. The van der Waals surface area contributed by atoms with Gasteiger partial charge >= 0.3 is 0 Å². The molecule has 0 aliphatic rings. The van der Waals surface area contributed by atoms with Crippen LogP contribution >= 0.6 is 24.0 Å². The summed E-state index contributed by atoms with van der Waals surface area (Å²) in [5, 5.41) is 6.72. The number of nitrogens with zero attached hydrogens (tertiary/aromatic N) is 3. The summed E-state index contributed by atoms with van der Waals surface area (Å²) in [6, 6.07) is 8.60. The molecule has 150 valence electrons. The third kappa shape index (κ3) is 8.75. The molecule has 0 fully saturated rings. The highest BCUT2D eigenvalue weighted by atomic mass is 127. The minimum atomic E-state index is 0. The van der Waals surface area contributed by atoms with Gasteiger partial charge in [0.1, 0.15) is 5.82 Å². The monoisotopic (exact) mass is 485 g/mol. The highest BCUT2D eigenvalue weighted by molar-refractivity contribution is 14.0. The Morgan fingerprint density at radius 2 is 2.04 bits per heavy atom. The Labute approximate surface area is 179 Å². The number of hydrogen-bond acceptors (Lipinski definition) is 3. The number of aromatic nitrogens is 2. The molecule has 0 aliphatic carbocycles. The number of nitrogens with one attached hydrogen (secondary N) is 2. The summed E-state index contributed by atoms with van der Waals surface area (Å²) in [4.78, 5) is 8.56. The van der Waals surface area contributed by atoms with Crippen LogP contribution in [0.2, 0.25) is 0 Å². The minimum absolute atomic E-state index is 0. The van der Waals surface area contributed by atoms with Gasteiger partial charge in [-0.2, -0.15) is 0 Å². The first-order chi connectivity index (χ1) is 12.7. The molecule has 7 heteroatoms. The molecule has 1 aromatic carbocycles. The quantitative estimate of drug-likeness (QED) is 0.235. The Bertz CT molecular complexity index is 687. The fourth-order valence-electron chi connectivity index (χ4n) is 2.69. The molecule has 2 N–H and O–H groups in total. The van der Waals surface area contributed by atoms with Crippen molar-refractivity contribution < 1.29 is 4.74 Å². The topological polar surface area (TPSA) is 63.5 Å². The van der Waals surface area contributed by atoms with Gasteiger partial charge in [0, 0.05) is 52.3 Å². The molecule has 2 rings (SSSR count). The predicted molar refractivity (Wildman–Crippen MR) is 122 cm³/mol. The summed E-state index contributed by atoms with van der Waals surface area (Å²) in [6.45, 7) is 8.14. The van der Waals surface area contributed by atoms with Gasteiger partial charge in [0.05, 0.1) is 0 Å². The number of hydrogen-bond donors (Lipinski definition) is 2. The summed E-state index contributed by atoms with van der Waals surface area (Å²) in [6.07, 6.45) is 5.98. The van der Waals surface area contributed by atoms with Crippen molar-refractivity contribution in [2.45, 2.75) is 39.8 Å². The summed E-state index contributed by atoms with van der Waals surface area (Å²) in [5.74, 6) is 1.86. The minimum Gasteiger partial charge on any atom is -0.382 e. The molecule has 27 heavy (non-hydrogen) atoms. The van der Waals surface area contributed by atoms with Gasteiger partial charge < -0.3 is 19.9 Å². The first-order valence-corrected chi connectivity index (χ1v) is 9.30. The second kappa shape index (κ2) is 13.5. The molecule has 0 radical (unpaired) electrons. The molecule has 6 nitrogen and oxygen atoms in total. The van der Waals surface area contributed by atoms with Crippen molar-refractivity contribution in [1.82, 2.24) is 20.2 Å². The fourth-order valence-corrected chi connectivity index (χ4v) is 2.69. The van der Waals surface area contributed by atoms with Crippen molar-refractivity contribution in [3.63, 3.8) is 0 Å². The van der Waals surface area contributed by atoms with Gasteiger partial charge in [-0.05, 0) is 37.8 Å². The lowest BCUT2D eigenvalue weighted by Crippen LogP contribution is -2.37. The van der Waals surface area contributed by atoms with E-state index < -0.39 is 0 Å². The third-order valence-corrected chi connectivity index (χ3v) is 4.16. The van der Waals surface area contributed by atoms with E-state index in [-0.39, 0.29) is 24.0 Å². The van der Waals surface area contributed by atoms with Crippen LogP contribution in [0, 0.1) is 6.92 Å². The van der Waals surface area contributed by atoms with Crippen LogP contribution in [-0.2, 0) is 17.8 Å². The van der Waals surface area contributed by atoms with Crippen molar-refractivity contribution in [3.05, 3.63) is 53.6 Å². The number of aliphatic imine (C=N–C) groups is 1. The second-order valence-electron chi connectivity index (χ2n) is 6.18. The van der Waals surface area contributed by atoms with Crippen LogP contribution in [0.25, 0.3) is 0 Å². The molecule has 0 saturated carbocycles. The Morgan fingerprint density at radius 1 is 1.22 bits per heavy atom. The summed E-state index contributed by atoms with van der Waals surface area (Å²) < 4.78 is 7.50. The van der Waals surface area contributed by atoms with Gasteiger partial charge in [-0.25, -0.2) is 4.98 Å². The molecule has 0 saturated heterocycles. The predicted octanol–water partition coefficient (Wildman–Crippen LogP) is 3.34. The lowest BCUT2D eigenvalue weighted by atomic mass is 10.1. The average Bonchev–Trinajstić information content (AvgIpc) is 3.05. The van der Waals surface area contributed by atoms with Crippen LogP contribution in [-0.4, -0.2) is 42.3 Å². The fraction of sp³-hybridized carbons (Fsp3) is 0.500. The van der Waals surface area contributed by atoms with Gasteiger partial charge in [-0.15, -0.1) is 24.0 Å². The Balaban J connectivity index is 0.00000364. The third-order valence-electron chi connectivity index (χ3n) is 4.16. The number of imidazole rings is 1. The molecule has 0 aliphatic heterocycles. The van der Waals surface area contributed by atoms with E-state index >= 15 is 0 Å². The number of halogens is 1. The molecular weight excluding hydrogens is 453 g/mol. The van der Waals surface area contributed by atoms with Crippen LogP contribution in [0.1, 0.15) is 36.7 Å². The van der Waals surface area contributed by atoms with E-state index in [0.29, 0.717) is 0 Å². The van der Waals surface area contributed by atoms with Gasteiger partial charge in [-0.3, -0.25) is 4.99 Å². The largest absolute Gasteiger partial charge is 0.382 e. The molecular formula is C20H32IN5O. The van der Waals surface area contributed by atoms with E-state index in [9.17, 15) is 0 Å². The van der Waals surface area contributed by atoms with E-state index in [4.69, 9.17) is 4.74 Å². The van der Waals surface area contributed by atoms with Crippen molar-refractivity contribution >= 4 is 29.9 Å². The number of benzene rings is 1. The van der Waals surface area contributed by atoms with E-state index in [1.54, 1.807) is 7.05 Å². The first-order valence-electron chi connectivity index (χ1n) is 9.30. The number of guanidine groups is 1. The molecule has 1 aromatic heterocycles. The number of rotatable bonds is 10. The molecule has 0 bridgehead atoms. The van der Waals surface area contributed by atoms with Crippen LogP contribution in [0.3, 0.4) is 0 Å². The highest BCUT2D eigenvalue weighted by Crippen LogP contribution is 2.08. The van der Waals surface area contributed by atoms with Crippen LogP contribution in [0.15, 0.2) is 41.7 Å². The number of ether oxygens (including phenoxy) is 1. The Kier molecular flexibility index (Phi) is 11.8. The maximum absolute atomic E-state index is 5.35. The Hall–Kier alpha value is -1.61. The summed E-state index contributed by atoms with van der Waals surface area (Å²) in [5.41, 5.74) is 2.50. The lowest BCUT2D eigenvalue weighted by Gasteiger charge is -2.13. The first kappa shape index (κ1) is 23.4. The van der Waals surface area contributed by atoms with E-state index in [1.165, 1.54) is 11.1 Å². The Morgan fingerprint density at radius 3 is 2.74 bits per heavy atom. The molecule has 2 aromatic rings. The van der Waals surface area contributed by atoms with Crippen molar-refractivity contribution in [3.8, 4) is 0 Å². The van der Waals surface area contributed by atoms with Gasteiger partial charge in [0.15, 0.2) is 5.96 Å². The summed E-state index contributed by atoms with van der Waals surface area (Å²) in [7, 11) is 1.80.